The summed E-state index contributed by atoms with van der Waals surface area (Å²) in [6.45, 7) is 0.637. The van der Waals surface area contributed by atoms with Gasteiger partial charge in [0.2, 0.25) is 0 Å². The molecule has 5 heteroatoms. The third kappa shape index (κ3) is 3.80. The Labute approximate surface area is 100 Å². The van der Waals surface area contributed by atoms with Crippen LogP contribution in [-0.4, -0.2) is 31.6 Å². The molecule has 0 radical (unpaired) electrons. The summed E-state index contributed by atoms with van der Waals surface area (Å²) in [5.41, 5.74) is 6.43. The number of likely N-dealkylation sites (N-methyl/N-ethyl adjacent to an activating group) is 1. The number of nitrogens with two attached hydrogens (primary N) is 1. The zero-order valence-electron chi connectivity index (χ0n) is 10.1. The van der Waals surface area contributed by atoms with Gasteiger partial charge in [0.15, 0.2) is 0 Å². The van der Waals surface area contributed by atoms with Crippen LogP contribution in [0.15, 0.2) is 18.2 Å². The number of methoxy groups -OCH3 is 1. The van der Waals surface area contributed by atoms with Crippen molar-refractivity contribution in [3.63, 3.8) is 0 Å². The Morgan fingerprint density at radius 1 is 1.47 bits per heavy atom. The average Bonchev–Trinajstić information content (AvgIpc) is 2.31. The predicted octanol–water partition coefficient (Wildman–Crippen LogP) is 0.889. The van der Waals surface area contributed by atoms with Crippen molar-refractivity contribution in [1.29, 1.82) is 0 Å². The second kappa shape index (κ2) is 6.32. The highest BCUT2D eigenvalue weighted by atomic mass is 19.1. The summed E-state index contributed by atoms with van der Waals surface area (Å²) in [7, 11) is 3.05. The summed E-state index contributed by atoms with van der Waals surface area (Å²) in [4.78, 5) is 12.7. The van der Waals surface area contributed by atoms with Gasteiger partial charge in [0.1, 0.15) is 5.82 Å². The molecule has 0 saturated carbocycles. The number of benzene rings is 1. The largest absolute Gasteiger partial charge is 0.468 e. The number of ether oxygens (including phenoxy) is 1. The van der Waals surface area contributed by atoms with Crippen molar-refractivity contribution in [2.45, 2.75) is 13.1 Å². The smallest absolute Gasteiger partial charge is 0.319 e. The Kier molecular flexibility index (Phi) is 5.06. The number of carbonyl (C=O) groups is 1. The fourth-order valence-electron chi connectivity index (χ4n) is 1.54. The zero-order chi connectivity index (χ0) is 12.8. The van der Waals surface area contributed by atoms with Crippen molar-refractivity contribution in [2.24, 2.45) is 5.73 Å². The van der Waals surface area contributed by atoms with Crippen molar-refractivity contribution < 1.29 is 13.9 Å². The highest BCUT2D eigenvalue weighted by molar-refractivity contribution is 5.71. The van der Waals surface area contributed by atoms with Crippen molar-refractivity contribution >= 4 is 5.97 Å². The zero-order valence-corrected chi connectivity index (χ0v) is 10.1. The first-order valence-corrected chi connectivity index (χ1v) is 5.30. The van der Waals surface area contributed by atoms with Gasteiger partial charge in [-0.25, -0.2) is 4.39 Å². The topological polar surface area (TPSA) is 55.6 Å². The molecule has 1 aromatic rings. The van der Waals surface area contributed by atoms with Crippen molar-refractivity contribution in [1.82, 2.24) is 4.90 Å². The van der Waals surface area contributed by atoms with Crippen LogP contribution in [0.1, 0.15) is 11.1 Å². The Balaban J connectivity index is 2.71. The number of hydrogen-bond acceptors (Lipinski definition) is 4. The standard InChI is InChI=1S/C12H17FN2O2/c1-15(8-11(16)17-2)7-10-5-3-4-9(6-14)12(10)13/h3-5H,6-8,14H2,1-2H3. The molecule has 0 spiro atoms. The molecule has 0 aliphatic rings. The third-order valence-electron chi connectivity index (χ3n) is 2.45. The van der Waals surface area contributed by atoms with E-state index >= 15 is 0 Å². The lowest BCUT2D eigenvalue weighted by Crippen LogP contribution is -2.26. The van der Waals surface area contributed by atoms with Crippen LogP contribution >= 0.6 is 0 Å². The van der Waals surface area contributed by atoms with Crippen LogP contribution in [0.25, 0.3) is 0 Å². The van der Waals surface area contributed by atoms with E-state index in [9.17, 15) is 9.18 Å². The number of halogens is 1. The molecule has 1 aromatic carbocycles. The minimum absolute atomic E-state index is 0.128. The maximum Gasteiger partial charge on any atom is 0.319 e. The number of rotatable bonds is 5. The molecule has 0 heterocycles. The molecule has 0 unspecified atom stereocenters. The monoisotopic (exact) mass is 240 g/mol. The highest BCUT2D eigenvalue weighted by Crippen LogP contribution is 2.14. The molecule has 0 atom stereocenters. The van der Waals surface area contributed by atoms with Gasteiger partial charge in [-0.15, -0.1) is 0 Å². The third-order valence-corrected chi connectivity index (χ3v) is 2.45. The fraction of sp³-hybridized carbons (Fsp3) is 0.417. The Hall–Kier alpha value is -1.46. The number of carbonyl (C=O) groups excluding carboxylic acids is 1. The molecule has 0 aromatic heterocycles. The fourth-order valence-corrected chi connectivity index (χ4v) is 1.54. The molecule has 0 bridgehead atoms. The van der Waals surface area contributed by atoms with E-state index in [2.05, 4.69) is 4.74 Å². The normalized spacial score (nSPS) is 10.6. The lowest BCUT2D eigenvalue weighted by Gasteiger charge is -2.16. The Bertz CT molecular complexity index is 396. The van der Waals surface area contributed by atoms with Crippen molar-refractivity contribution in [3.8, 4) is 0 Å². The number of nitrogens with zero attached hydrogens (tertiary/aromatic N) is 1. The van der Waals surface area contributed by atoms with Crippen molar-refractivity contribution in [2.75, 3.05) is 20.7 Å². The van der Waals surface area contributed by atoms with Gasteiger partial charge in [0, 0.05) is 24.2 Å². The lowest BCUT2D eigenvalue weighted by atomic mass is 10.1. The van der Waals surface area contributed by atoms with Crippen LogP contribution in [0.5, 0.6) is 0 Å². The second-order valence-corrected chi connectivity index (χ2v) is 3.84. The summed E-state index contributed by atoms with van der Waals surface area (Å²) in [5.74, 6) is -0.644. The van der Waals surface area contributed by atoms with Crippen LogP contribution in [0.3, 0.4) is 0 Å². The molecular formula is C12H17FN2O2. The molecule has 0 aliphatic heterocycles. The van der Waals surface area contributed by atoms with E-state index in [0.717, 1.165) is 0 Å². The lowest BCUT2D eigenvalue weighted by molar-refractivity contribution is -0.141. The van der Waals surface area contributed by atoms with Crippen LogP contribution in [0.4, 0.5) is 4.39 Å². The van der Waals surface area contributed by atoms with Crippen molar-refractivity contribution in [3.05, 3.63) is 35.1 Å². The van der Waals surface area contributed by atoms with E-state index in [4.69, 9.17) is 5.73 Å². The molecule has 94 valence electrons. The van der Waals surface area contributed by atoms with Gasteiger partial charge < -0.3 is 10.5 Å². The SMILES string of the molecule is COC(=O)CN(C)Cc1cccc(CN)c1F. The van der Waals surface area contributed by atoms with E-state index in [0.29, 0.717) is 17.7 Å². The van der Waals surface area contributed by atoms with Gasteiger partial charge in [-0.1, -0.05) is 18.2 Å². The first kappa shape index (κ1) is 13.6. The minimum atomic E-state index is -0.345. The average molecular weight is 240 g/mol. The summed E-state index contributed by atoms with van der Waals surface area (Å²) in [6.07, 6.45) is 0. The quantitative estimate of drug-likeness (QED) is 0.777. The van der Waals surface area contributed by atoms with E-state index in [-0.39, 0.29) is 24.9 Å². The molecule has 1 rings (SSSR count). The minimum Gasteiger partial charge on any atom is -0.468 e. The van der Waals surface area contributed by atoms with Crippen LogP contribution in [0.2, 0.25) is 0 Å². The summed E-state index contributed by atoms with van der Waals surface area (Å²) < 4.78 is 18.4. The van der Waals surface area contributed by atoms with E-state index in [1.54, 1.807) is 30.1 Å². The predicted molar refractivity (Wildman–Crippen MR) is 62.6 cm³/mol. The van der Waals surface area contributed by atoms with E-state index in [1.165, 1.54) is 7.11 Å². The molecule has 4 nitrogen and oxygen atoms in total. The summed E-state index contributed by atoms with van der Waals surface area (Å²) in [6, 6.07) is 5.09. The molecular weight excluding hydrogens is 223 g/mol. The van der Waals surface area contributed by atoms with Crippen LogP contribution < -0.4 is 5.73 Å². The summed E-state index contributed by atoms with van der Waals surface area (Å²) in [5, 5.41) is 0. The molecule has 17 heavy (non-hydrogen) atoms. The van der Waals surface area contributed by atoms with E-state index in [1.807, 2.05) is 0 Å². The van der Waals surface area contributed by atoms with Crippen LogP contribution in [-0.2, 0) is 22.6 Å². The first-order chi connectivity index (χ1) is 8.08. The molecule has 0 aliphatic carbocycles. The van der Waals surface area contributed by atoms with E-state index < -0.39 is 0 Å². The number of hydrogen-bond donors (Lipinski definition) is 1. The Morgan fingerprint density at radius 3 is 2.71 bits per heavy atom. The number of esters is 1. The van der Waals surface area contributed by atoms with Crippen LogP contribution in [0, 0.1) is 5.82 Å². The van der Waals surface area contributed by atoms with Gasteiger partial charge in [-0.05, 0) is 7.05 Å². The van der Waals surface area contributed by atoms with Gasteiger partial charge >= 0.3 is 5.97 Å². The maximum absolute atomic E-state index is 13.8. The maximum atomic E-state index is 13.8. The highest BCUT2D eigenvalue weighted by Gasteiger charge is 2.11. The molecule has 0 fully saturated rings. The molecule has 2 N–H and O–H groups in total. The summed E-state index contributed by atoms with van der Waals surface area (Å²) >= 11 is 0. The molecule has 0 saturated heterocycles. The Morgan fingerprint density at radius 2 is 2.12 bits per heavy atom. The van der Waals surface area contributed by atoms with Gasteiger partial charge in [-0.2, -0.15) is 0 Å². The van der Waals surface area contributed by atoms with Gasteiger partial charge in [0.25, 0.3) is 0 Å². The van der Waals surface area contributed by atoms with Gasteiger partial charge in [-0.3, -0.25) is 9.69 Å². The second-order valence-electron chi connectivity index (χ2n) is 3.84. The molecule has 0 amide bonds. The first-order valence-electron chi connectivity index (χ1n) is 5.30. The van der Waals surface area contributed by atoms with Gasteiger partial charge in [0.05, 0.1) is 13.7 Å².